The summed E-state index contributed by atoms with van der Waals surface area (Å²) in [4.78, 5) is 2.54. The van der Waals surface area contributed by atoms with Gasteiger partial charge in [0.1, 0.15) is 0 Å². The lowest BCUT2D eigenvalue weighted by atomic mass is 9.33. The first-order valence-electron chi connectivity index (χ1n) is 19.2. The maximum Gasteiger partial charge on any atom is 0.252 e. The molecule has 0 aliphatic carbocycles. The number of nitrogens with zero attached hydrogens (tertiary/aromatic N) is 2. The van der Waals surface area contributed by atoms with Crippen LogP contribution in [0.5, 0.6) is 0 Å². The van der Waals surface area contributed by atoms with Crippen LogP contribution in [0.3, 0.4) is 0 Å². The standard InChI is InChI=1S/C50H49BN2/c1-48(2,3)34-20-24-37(25-21-34)52-41-27-22-35(49(4,5)6)30-39(41)51-40-31-36(50(7,8)9)23-28-42(40)53-46(33-18-14-11-15-19-33)44(32-16-12-10-13-17-32)38-26-29-43(52)45(51)47(38)53/h10-31H,1-9H3. The van der Waals surface area contributed by atoms with Gasteiger partial charge in [-0.2, -0.15) is 0 Å². The highest BCUT2D eigenvalue weighted by Crippen LogP contribution is 2.47. The van der Waals surface area contributed by atoms with Crippen molar-refractivity contribution in [3.05, 3.63) is 150 Å². The summed E-state index contributed by atoms with van der Waals surface area (Å²) in [5.74, 6) is 0. The molecule has 1 aromatic heterocycles. The van der Waals surface area contributed by atoms with Crippen molar-refractivity contribution in [3.63, 3.8) is 0 Å². The Labute approximate surface area is 316 Å². The van der Waals surface area contributed by atoms with Crippen LogP contribution in [0, 0.1) is 0 Å². The summed E-state index contributed by atoms with van der Waals surface area (Å²) in [7, 11) is 0. The Morgan fingerprint density at radius 3 is 1.51 bits per heavy atom. The van der Waals surface area contributed by atoms with Crippen LogP contribution in [0.4, 0.5) is 17.1 Å². The predicted molar refractivity (Wildman–Crippen MR) is 230 cm³/mol. The van der Waals surface area contributed by atoms with Crippen molar-refractivity contribution in [1.82, 2.24) is 4.57 Å². The van der Waals surface area contributed by atoms with Crippen LogP contribution >= 0.6 is 0 Å². The number of fused-ring (bicyclic) bond motifs is 5. The quantitative estimate of drug-likeness (QED) is 0.168. The molecule has 0 atom stereocenters. The van der Waals surface area contributed by atoms with Crippen LogP contribution in [0.1, 0.15) is 79.0 Å². The van der Waals surface area contributed by atoms with Crippen molar-refractivity contribution in [2.75, 3.05) is 4.90 Å². The molecular formula is C50H49BN2. The van der Waals surface area contributed by atoms with Crippen LogP contribution in [-0.2, 0) is 16.2 Å². The molecule has 0 unspecified atom stereocenters. The second-order valence-electron chi connectivity index (χ2n) is 18.3. The molecular weight excluding hydrogens is 639 g/mol. The van der Waals surface area contributed by atoms with E-state index in [0.717, 1.165) is 0 Å². The third-order valence-electron chi connectivity index (χ3n) is 11.7. The highest BCUT2D eigenvalue weighted by atomic mass is 15.2. The van der Waals surface area contributed by atoms with Gasteiger partial charge in [0.15, 0.2) is 0 Å². The molecule has 6 aromatic carbocycles. The van der Waals surface area contributed by atoms with E-state index in [-0.39, 0.29) is 23.0 Å². The summed E-state index contributed by atoms with van der Waals surface area (Å²) in [6, 6.07) is 50.8. The molecule has 3 heterocycles. The summed E-state index contributed by atoms with van der Waals surface area (Å²) in [5, 5.41) is 1.29. The Bertz CT molecular complexity index is 2540. The maximum atomic E-state index is 2.61. The van der Waals surface area contributed by atoms with E-state index >= 15 is 0 Å². The monoisotopic (exact) mass is 688 g/mol. The Balaban J connectivity index is 1.46. The Morgan fingerprint density at radius 1 is 0.453 bits per heavy atom. The van der Waals surface area contributed by atoms with E-state index in [1.807, 2.05) is 0 Å². The molecule has 0 radical (unpaired) electrons. The molecule has 0 saturated carbocycles. The fourth-order valence-corrected chi connectivity index (χ4v) is 8.79. The first-order valence-corrected chi connectivity index (χ1v) is 19.2. The molecule has 9 rings (SSSR count). The minimum atomic E-state index is 0.00385. The number of aromatic nitrogens is 1. The number of hydrogen-bond acceptors (Lipinski definition) is 1. The zero-order valence-corrected chi connectivity index (χ0v) is 32.7. The molecule has 3 heteroatoms. The average Bonchev–Trinajstić information content (AvgIpc) is 3.49. The van der Waals surface area contributed by atoms with E-state index in [1.165, 1.54) is 89.1 Å². The van der Waals surface area contributed by atoms with Crippen LogP contribution in [0.2, 0.25) is 0 Å². The average molecular weight is 689 g/mol. The molecule has 0 fully saturated rings. The topological polar surface area (TPSA) is 8.17 Å². The van der Waals surface area contributed by atoms with Crippen molar-refractivity contribution in [3.8, 4) is 28.1 Å². The number of benzene rings is 6. The highest BCUT2D eigenvalue weighted by molar-refractivity contribution is 7.00. The Morgan fingerprint density at radius 2 is 0.943 bits per heavy atom. The Kier molecular flexibility index (Phi) is 7.35. The fraction of sp³-hybridized carbons (Fsp3) is 0.240. The van der Waals surface area contributed by atoms with Gasteiger partial charge in [0.25, 0.3) is 6.71 Å². The van der Waals surface area contributed by atoms with Crippen LogP contribution in [-0.4, -0.2) is 11.3 Å². The van der Waals surface area contributed by atoms with Gasteiger partial charge in [0.2, 0.25) is 0 Å². The van der Waals surface area contributed by atoms with E-state index in [1.54, 1.807) is 0 Å². The largest absolute Gasteiger partial charge is 0.311 e. The minimum absolute atomic E-state index is 0.00385. The molecule has 0 amide bonds. The van der Waals surface area contributed by atoms with Crippen molar-refractivity contribution < 1.29 is 0 Å². The van der Waals surface area contributed by atoms with Gasteiger partial charge >= 0.3 is 0 Å². The van der Waals surface area contributed by atoms with E-state index < -0.39 is 0 Å². The van der Waals surface area contributed by atoms with Gasteiger partial charge in [-0.25, -0.2) is 0 Å². The van der Waals surface area contributed by atoms with E-state index in [2.05, 4.69) is 205 Å². The summed E-state index contributed by atoms with van der Waals surface area (Å²) in [6.07, 6.45) is 0. The molecule has 0 saturated heterocycles. The molecule has 2 nitrogen and oxygen atoms in total. The normalized spacial score (nSPS) is 13.7. The zero-order valence-electron chi connectivity index (χ0n) is 32.7. The predicted octanol–water partition coefficient (Wildman–Crippen LogP) is 11.5. The summed E-state index contributed by atoms with van der Waals surface area (Å²) >= 11 is 0. The minimum Gasteiger partial charge on any atom is -0.311 e. The maximum absolute atomic E-state index is 2.61. The SMILES string of the molecule is CC(C)(C)c1ccc(N2c3ccc(C(C)(C)C)cc3B3c4cc(C(C)(C)C)ccc4-n4c(-c5ccccc5)c(-c5ccccc5)c5ccc2c3c54)cc1. The number of hydrogen-bond donors (Lipinski definition) is 0. The molecule has 262 valence electrons. The van der Waals surface area contributed by atoms with Gasteiger partial charge in [-0.15, -0.1) is 0 Å². The van der Waals surface area contributed by atoms with Crippen LogP contribution < -0.4 is 21.3 Å². The lowest BCUT2D eigenvalue weighted by Gasteiger charge is -2.41. The van der Waals surface area contributed by atoms with Gasteiger partial charge in [-0.3, -0.25) is 0 Å². The summed E-state index contributed by atoms with van der Waals surface area (Å²) in [6.45, 7) is 21.0. The number of rotatable bonds is 3. The van der Waals surface area contributed by atoms with Gasteiger partial charge in [0, 0.05) is 33.7 Å². The molecule has 0 N–H and O–H groups in total. The molecule has 53 heavy (non-hydrogen) atoms. The lowest BCUT2D eigenvalue weighted by molar-refractivity contribution is 0.590. The van der Waals surface area contributed by atoms with Gasteiger partial charge < -0.3 is 9.47 Å². The van der Waals surface area contributed by atoms with Crippen molar-refractivity contribution in [2.45, 2.75) is 78.6 Å². The molecule has 2 aliphatic rings. The lowest BCUT2D eigenvalue weighted by Crippen LogP contribution is -2.60. The second-order valence-corrected chi connectivity index (χ2v) is 18.3. The van der Waals surface area contributed by atoms with Crippen molar-refractivity contribution >= 4 is 51.1 Å². The molecule has 7 aromatic rings. The van der Waals surface area contributed by atoms with Crippen LogP contribution in [0.25, 0.3) is 39.0 Å². The third-order valence-corrected chi connectivity index (χ3v) is 11.7. The Hall–Kier alpha value is -5.28. The second kappa shape index (κ2) is 11.6. The molecule has 0 bridgehead atoms. The summed E-state index contributed by atoms with van der Waals surface area (Å²) < 4.78 is 2.61. The van der Waals surface area contributed by atoms with Gasteiger partial charge in [-0.1, -0.05) is 165 Å². The fourth-order valence-electron chi connectivity index (χ4n) is 8.79. The highest BCUT2D eigenvalue weighted by Gasteiger charge is 2.44. The van der Waals surface area contributed by atoms with Gasteiger partial charge in [-0.05, 0) is 90.8 Å². The van der Waals surface area contributed by atoms with Crippen molar-refractivity contribution in [2.24, 2.45) is 0 Å². The zero-order chi connectivity index (χ0) is 37.0. The van der Waals surface area contributed by atoms with Crippen molar-refractivity contribution in [1.29, 1.82) is 0 Å². The first-order chi connectivity index (χ1) is 25.2. The molecule has 0 spiro atoms. The number of anilines is 3. The van der Waals surface area contributed by atoms with E-state index in [4.69, 9.17) is 0 Å². The third kappa shape index (κ3) is 5.23. The van der Waals surface area contributed by atoms with Gasteiger partial charge in [0.05, 0.1) is 11.2 Å². The molecule has 2 aliphatic heterocycles. The summed E-state index contributed by atoms with van der Waals surface area (Å²) in [5.41, 5.74) is 19.6. The first kappa shape index (κ1) is 33.6. The van der Waals surface area contributed by atoms with Crippen LogP contribution in [0.15, 0.2) is 133 Å². The van der Waals surface area contributed by atoms with E-state index in [0.29, 0.717) is 0 Å². The van der Waals surface area contributed by atoms with E-state index in [9.17, 15) is 0 Å². The smallest absolute Gasteiger partial charge is 0.252 e.